The topological polar surface area (TPSA) is 131 Å². The first-order chi connectivity index (χ1) is 17.6. The molecule has 3 rings (SSSR count). The number of nitrogens with zero attached hydrogens (tertiary/aromatic N) is 1. The first-order valence-corrected chi connectivity index (χ1v) is 13.2. The van der Waals surface area contributed by atoms with E-state index in [9.17, 15) is 24.6 Å². The molecule has 0 aliphatic carbocycles. The fourth-order valence-corrected chi connectivity index (χ4v) is 5.53. The predicted octanol–water partition coefficient (Wildman–Crippen LogP) is 1.42. The van der Waals surface area contributed by atoms with Gasteiger partial charge in [0.1, 0.15) is 11.8 Å². The Morgan fingerprint density at radius 1 is 1.11 bits per heavy atom. The summed E-state index contributed by atoms with van der Waals surface area (Å²) >= 11 is 1.46. The van der Waals surface area contributed by atoms with Crippen molar-refractivity contribution >= 4 is 29.5 Å². The third kappa shape index (κ3) is 6.82. The van der Waals surface area contributed by atoms with Crippen molar-refractivity contribution in [2.45, 2.75) is 50.1 Å². The second-order valence-electron chi connectivity index (χ2n) is 9.65. The highest BCUT2D eigenvalue weighted by molar-refractivity contribution is 8.00. The number of thioether (sulfide) groups is 1. The third-order valence-corrected chi connectivity index (χ3v) is 7.92. The molecular formula is C27H36N4O5S. The molecule has 2 aromatic carbocycles. The number of amides is 3. The fourth-order valence-electron chi connectivity index (χ4n) is 4.39. The van der Waals surface area contributed by atoms with Crippen LogP contribution < -0.4 is 16.0 Å². The van der Waals surface area contributed by atoms with Crippen molar-refractivity contribution in [2.75, 3.05) is 26.0 Å². The van der Waals surface area contributed by atoms with Crippen LogP contribution >= 0.6 is 11.8 Å². The summed E-state index contributed by atoms with van der Waals surface area (Å²) in [5.74, 6) is -1.21. The van der Waals surface area contributed by atoms with Crippen molar-refractivity contribution in [3.8, 4) is 5.75 Å². The van der Waals surface area contributed by atoms with Crippen molar-refractivity contribution in [1.29, 1.82) is 0 Å². The number of hydrogen-bond acceptors (Lipinski definition) is 7. The molecule has 37 heavy (non-hydrogen) atoms. The summed E-state index contributed by atoms with van der Waals surface area (Å²) < 4.78 is -0.560. The lowest BCUT2D eigenvalue weighted by atomic mass is 9.96. The van der Waals surface area contributed by atoms with Crippen LogP contribution in [0.5, 0.6) is 5.75 Å². The predicted molar refractivity (Wildman–Crippen MR) is 144 cm³/mol. The Balaban J connectivity index is 1.86. The van der Waals surface area contributed by atoms with Crippen molar-refractivity contribution in [1.82, 2.24) is 20.9 Å². The normalized spacial score (nSPS) is 18.2. The van der Waals surface area contributed by atoms with Crippen LogP contribution in [0.4, 0.5) is 0 Å². The van der Waals surface area contributed by atoms with Crippen LogP contribution in [-0.4, -0.2) is 81.8 Å². The lowest BCUT2D eigenvalue weighted by molar-refractivity contribution is -0.147. The minimum Gasteiger partial charge on any atom is -0.508 e. The summed E-state index contributed by atoms with van der Waals surface area (Å²) in [4.78, 5) is 41.2. The van der Waals surface area contributed by atoms with Crippen LogP contribution in [0.25, 0.3) is 0 Å². The SMILES string of the molecule is CNCCNC(=O)C1N(C(=O)C(O)C(Cc2ccccc2)NC(=O)c2cccc(O)c2C)CSC1(C)C. The van der Waals surface area contributed by atoms with Crippen LogP contribution in [0, 0.1) is 6.92 Å². The van der Waals surface area contributed by atoms with Crippen molar-refractivity contribution in [2.24, 2.45) is 0 Å². The smallest absolute Gasteiger partial charge is 0.254 e. The Labute approximate surface area is 222 Å². The van der Waals surface area contributed by atoms with E-state index in [1.54, 1.807) is 26.1 Å². The molecule has 1 fully saturated rings. The summed E-state index contributed by atoms with van der Waals surface area (Å²) in [6.45, 7) is 6.41. The van der Waals surface area contributed by atoms with Crippen molar-refractivity contribution in [3.63, 3.8) is 0 Å². The van der Waals surface area contributed by atoms with Gasteiger partial charge in [0, 0.05) is 29.0 Å². The van der Waals surface area contributed by atoms with Crippen LogP contribution in [0.2, 0.25) is 0 Å². The van der Waals surface area contributed by atoms with Gasteiger partial charge in [-0.25, -0.2) is 0 Å². The molecule has 1 saturated heterocycles. The molecule has 0 saturated carbocycles. The number of aliphatic hydroxyl groups is 1. The van der Waals surface area contributed by atoms with E-state index >= 15 is 0 Å². The van der Waals surface area contributed by atoms with Gasteiger partial charge in [0.05, 0.1) is 11.9 Å². The number of phenolic OH excluding ortho intramolecular Hbond substituents is 1. The van der Waals surface area contributed by atoms with E-state index in [0.29, 0.717) is 18.7 Å². The van der Waals surface area contributed by atoms with Crippen LogP contribution in [-0.2, 0) is 16.0 Å². The molecule has 1 heterocycles. The number of aliphatic hydroxyl groups excluding tert-OH is 1. The zero-order chi connectivity index (χ0) is 27.2. The first kappa shape index (κ1) is 28.5. The maximum atomic E-state index is 13.6. The summed E-state index contributed by atoms with van der Waals surface area (Å²) in [6.07, 6.45) is -1.40. The standard InChI is InChI=1S/C27H36N4O5S/c1-17-19(11-8-12-21(17)32)24(34)30-20(15-18-9-6-5-7-10-18)22(33)26(36)31-16-37-27(2,3)23(31)25(35)29-14-13-28-4/h5-12,20,22-23,28,32-33H,13-16H2,1-4H3,(H,29,35)(H,30,34). The molecule has 0 aromatic heterocycles. The molecule has 1 aliphatic rings. The summed E-state index contributed by atoms with van der Waals surface area (Å²) in [6, 6.07) is 12.1. The van der Waals surface area contributed by atoms with Gasteiger partial charge in [-0.1, -0.05) is 36.4 Å². The lowest BCUT2D eigenvalue weighted by Gasteiger charge is -2.33. The van der Waals surface area contributed by atoms with Gasteiger partial charge < -0.3 is 31.1 Å². The summed E-state index contributed by atoms with van der Waals surface area (Å²) in [5, 5.41) is 29.9. The summed E-state index contributed by atoms with van der Waals surface area (Å²) in [7, 11) is 1.78. The van der Waals surface area contributed by atoms with Gasteiger partial charge in [0.15, 0.2) is 6.10 Å². The number of phenols is 1. The second-order valence-corrected chi connectivity index (χ2v) is 11.2. The van der Waals surface area contributed by atoms with E-state index in [4.69, 9.17) is 0 Å². The van der Waals surface area contributed by atoms with Gasteiger partial charge in [-0.15, -0.1) is 11.8 Å². The van der Waals surface area contributed by atoms with Crippen molar-refractivity contribution < 1.29 is 24.6 Å². The molecule has 2 aromatic rings. The third-order valence-electron chi connectivity index (χ3n) is 6.55. The van der Waals surface area contributed by atoms with Gasteiger partial charge in [-0.05, 0) is 51.9 Å². The van der Waals surface area contributed by atoms with E-state index in [0.717, 1.165) is 5.56 Å². The molecule has 10 heteroatoms. The van der Waals surface area contributed by atoms with Gasteiger partial charge in [0.2, 0.25) is 5.91 Å². The van der Waals surface area contributed by atoms with E-state index in [1.165, 1.54) is 22.7 Å². The van der Waals surface area contributed by atoms with Gasteiger partial charge in [0.25, 0.3) is 11.8 Å². The molecular weight excluding hydrogens is 492 g/mol. The summed E-state index contributed by atoms with van der Waals surface area (Å²) in [5.41, 5.74) is 1.47. The van der Waals surface area contributed by atoms with Gasteiger partial charge in [-0.3, -0.25) is 14.4 Å². The van der Waals surface area contributed by atoms with E-state index in [2.05, 4.69) is 16.0 Å². The quantitative estimate of drug-likeness (QED) is 0.295. The van der Waals surface area contributed by atoms with Crippen LogP contribution in [0.1, 0.15) is 35.3 Å². The monoisotopic (exact) mass is 528 g/mol. The van der Waals surface area contributed by atoms with Crippen LogP contribution in [0.15, 0.2) is 48.5 Å². The van der Waals surface area contributed by atoms with E-state index in [1.807, 2.05) is 44.2 Å². The number of carbonyl (C=O) groups excluding carboxylic acids is 3. The maximum absolute atomic E-state index is 13.6. The average Bonchev–Trinajstić information content (AvgIpc) is 3.19. The van der Waals surface area contributed by atoms with Gasteiger partial charge in [-0.2, -0.15) is 0 Å². The number of rotatable bonds is 10. The number of likely N-dealkylation sites (N-methyl/N-ethyl adjacent to an activating group) is 1. The molecule has 5 N–H and O–H groups in total. The molecule has 0 bridgehead atoms. The van der Waals surface area contributed by atoms with Gasteiger partial charge >= 0.3 is 0 Å². The first-order valence-electron chi connectivity index (χ1n) is 12.2. The molecule has 3 atom stereocenters. The zero-order valence-electron chi connectivity index (χ0n) is 21.7. The Morgan fingerprint density at radius 3 is 2.49 bits per heavy atom. The molecule has 200 valence electrons. The lowest BCUT2D eigenvalue weighted by Crippen LogP contribution is -2.59. The Kier molecular flexibility index (Phi) is 9.58. The number of carbonyl (C=O) groups is 3. The van der Waals surface area contributed by atoms with Crippen molar-refractivity contribution in [3.05, 3.63) is 65.2 Å². The number of aromatic hydroxyl groups is 1. The second kappa shape index (κ2) is 12.4. The minimum absolute atomic E-state index is 0.0210. The Hall–Kier alpha value is -3.08. The highest BCUT2D eigenvalue weighted by Crippen LogP contribution is 2.39. The largest absolute Gasteiger partial charge is 0.508 e. The average molecular weight is 529 g/mol. The molecule has 9 nitrogen and oxygen atoms in total. The van der Waals surface area contributed by atoms with E-state index < -0.39 is 34.7 Å². The molecule has 0 spiro atoms. The zero-order valence-corrected chi connectivity index (χ0v) is 22.5. The molecule has 1 aliphatic heterocycles. The molecule has 3 unspecified atom stereocenters. The minimum atomic E-state index is -1.59. The number of benzene rings is 2. The molecule has 3 amide bonds. The Bertz CT molecular complexity index is 1110. The number of hydrogen-bond donors (Lipinski definition) is 5. The maximum Gasteiger partial charge on any atom is 0.254 e. The van der Waals surface area contributed by atoms with E-state index in [-0.39, 0.29) is 29.5 Å². The Morgan fingerprint density at radius 2 is 1.81 bits per heavy atom. The molecule has 0 radical (unpaired) electrons. The number of nitrogens with one attached hydrogen (secondary N) is 3. The van der Waals surface area contributed by atoms with Crippen LogP contribution in [0.3, 0.4) is 0 Å². The fraction of sp³-hybridized carbons (Fsp3) is 0.444. The highest BCUT2D eigenvalue weighted by Gasteiger charge is 2.49. The highest BCUT2D eigenvalue weighted by atomic mass is 32.2.